The summed E-state index contributed by atoms with van der Waals surface area (Å²) in [6.45, 7) is 5.27. The topological polar surface area (TPSA) is 88.3 Å². The Morgan fingerprint density at radius 3 is 2.50 bits per heavy atom. The fourth-order valence-electron chi connectivity index (χ4n) is 2.32. The van der Waals surface area contributed by atoms with Crippen molar-refractivity contribution in [1.29, 1.82) is 0 Å². The third-order valence-electron chi connectivity index (χ3n) is 3.63. The molecule has 1 heterocycles. The number of carbonyl (C=O) groups excluding carboxylic acids is 2. The summed E-state index contributed by atoms with van der Waals surface area (Å²) in [5, 5.41) is 2.86. The van der Waals surface area contributed by atoms with E-state index in [1.165, 1.54) is 6.07 Å². The van der Waals surface area contributed by atoms with E-state index in [0.29, 0.717) is 5.69 Å². The number of hydrogen-bond acceptors (Lipinski definition) is 4. The summed E-state index contributed by atoms with van der Waals surface area (Å²) in [6.07, 6.45) is 0. The molecule has 0 saturated heterocycles. The highest BCUT2D eigenvalue weighted by Crippen LogP contribution is 2.13. The zero-order valence-corrected chi connectivity index (χ0v) is 13.9. The van der Waals surface area contributed by atoms with Crippen LogP contribution in [-0.4, -0.2) is 23.5 Å². The van der Waals surface area contributed by atoms with Crippen LogP contribution in [0.15, 0.2) is 41.2 Å². The maximum absolute atomic E-state index is 12.5. The molecule has 0 unspecified atom stereocenters. The molecule has 2 aromatic rings. The lowest BCUT2D eigenvalue weighted by molar-refractivity contribution is 0.0524. The molecule has 0 bridgehead atoms. The summed E-state index contributed by atoms with van der Waals surface area (Å²) in [7, 11) is 0. The van der Waals surface area contributed by atoms with E-state index in [4.69, 9.17) is 4.74 Å². The van der Waals surface area contributed by atoms with Gasteiger partial charge in [0.1, 0.15) is 5.56 Å². The number of aromatic amines is 1. The monoisotopic (exact) mass is 328 g/mol. The summed E-state index contributed by atoms with van der Waals surface area (Å²) in [5.74, 6) is -1.12. The van der Waals surface area contributed by atoms with E-state index in [9.17, 15) is 14.4 Å². The molecule has 0 fully saturated rings. The zero-order chi connectivity index (χ0) is 17.7. The number of amides is 1. The van der Waals surface area contributed by atoms with Gasteiger partial charge in [0.05, 0.1) is 18.2 Å². The van der Waals surface area contributed by atoms with Crippen LogP contribution in [0.3, 0.4) is 0 Å². The predicted octanol–water partition coefficient (Wildman–Crippen LogP) is 2.35. The molecule has 0 aliphatic carbocycles. The number of H-pyrrole nitrogens is 1. The minimum Gasteiger partial charge on any atom is -0.462 e. The third-order valence-corrected chi connectivity index (χ3v) is 3.63. The molecule has 1 amide bonds. The molecule has 6 nitrogen and oxygen atoms in total. The highest BCUT2D eigenvalue weighted by molar-refractivity contribution is 5.98. The second-order valence-corrected chi connectivity index (χ2v) is 5.38. The first kappa shape index (κ1) is 17.5. The Kier molecular flexibility index (Phi) is 5.52. The van der Waals surface area contributed by atoms with Crippen molar-refractivity contribution in [2.75, 3.05) is 6.61 Å². The highest BCUT2D eigenvalue weighted by Gasteiger charge is 2.19. The Bertz CT molecular complexity index is 796. The van der Waals surface area contributed by atoms with Crippen LogP contribution in [-0.2, 0) is 4.74 Å². The molecular formula is C18H20N2O4. The quantitative estimate of drug-likeness (QED) is 0.825. The van der Waals surface area contributed by atoms with E-state index in [1.54, 1.807) is 13.8 Å². The van der Waals surface area contributed by atoms with Crippen molar-refractivity contribution in [2.45, 2.75) is 26.8 Å². The van der Waals surface area contributed by atoms with E-state index in [2.05, 4.69) is 10.3 Å². The number of ether oxygens (including phenoxy) is 1. The molecule has 24 heavy (non-hydrogen) atoms. The average molecular weight is 328 g/mol. The van der Waals surface area contributed by atoms with Gasteiger partial charge >= 0.3 is 5.97 Å². The minimum atomic E-state index is -0.746. The van der Waals surface area contributed by atoms with Crippen LogP contribution in [0.25, 0.3) is 0 Å². The fourth-order valence-corrected chi connectivity index (χ4v) is 2.32. The van der Waals surface area contributed by atoms with Crippen LogP contribution in [0.5, 0.6) is 0 Å². The number of carbonyl (C=O) groups is 2. The minimum absolute atomic E-state index is 0.152. The number of benzene rings is 1. The molecule has 126 valence electrons. The molecule has 2 rings (SSSR count). The van der Waals surface area contributed by atoms with Gasteiger partial charge in [-0.1, -0.05) is 30.3 Å². The van der Waals surface area contributed by atoms with Crippen LogP contribution in [0.2, 0.25) is 0 Å². The summed E-state index contributed by atoms with van der Waals surface area (Å²) in [5.41, 5.74) is 0.836. The largest absolute Gasteiger partial charge is 0.462 e. The van der Waals surface area contributed by atoms with Gasteiger partial charge < -0.3 is 15.0 Å². The fraction of sp³-hybridized carbons (Fsp3) is 0.278. The van der Waals surface area contributed by atoms with E-state index in [-0.39, 0.29) is 29.7 Å². The number of rotatable bonds is 5. The van der Waals surface area contributed by atoms with Crippen molar-refractivity contribution in [3.63, 3.8) is 0 Å². The lowest BCUT2D eigenvalue weighted by atomic mass is 10.1. The molecule has 1 aromatic carbocycles. The van der Waals surface area contributed by atoms with Gasteiger partial charge in [0.15, 0.2) is 0 Å². The molecular weight excluding hydrogens is 308 g/mol. The summed E-state index contributed by atoms with van der Waals surface area (Å²) >= 11 is 0. The van der Waals surface area contributed by atoms with Gasteiger partial charge in [0.25, 0.3) is 11.5 Å². The molecule has 2 N–H and O–H groups in total. The number of hydrogen-bond donors (Lipinski definition) is 2. The maximum Gasteiger partial charge on any atom is 0.343 e. The van der Waals surface area contributed by atoms with Crippen molar-refractivity contribution < 1.29 is 14.3 Å². The standard InChI is InChI=1S/C18H20N2O4/c1-4-24-18(23)15-10-14(12(3)20-17(15)22)16(21)19-11(2)13-8-6-5-7-9-13/h5-11H,4H2,1-3H3,(H,19,21)(H,20,22)/t11-/m0/s1. The summed E-state index contributed by atoms with van der Waals surface area (Å²) in [4.78, 5) is 38.7. The molecule has 0 aliphatic rings. The lowest BCUT2D eigenvalue weighted by Crippen LogP contribution is -2.30. The van der Waals surface area contributed by atoms with Gasteiger partial charge in [-0.2, -0.15) is 0 Å². The first-order valence-corrected chi connectivity index (χ1v) is 7.71. The van der Waals surface area contributed by atoms with Gasteiger partial charge in [0, 0.05) is 5.69 Å². The van der Waals surface area contributed by atoms with Crippen molar-refractivity contribution in [3.05, 3.63) is 69.1 Å². The average Bonchev–Trinajstić information content (AvgIpc) is 2.55. The van der Waals surface area contributed by atoms with Gasteiger partial charge in [-0.15, -0.1) is 0 Å². The normalized spacial score (nSPS) is 11.6. The summed E-state index contributed by atoms with van der Waals surface area (Å²) in [6, 6.07) is 10.6. The molecule has 0 saturated carbocycles. The first-order valence-electron chi connectivity index (χ1n) is 7.71. The number of nitrogens with one attached hydrogen (secondary N) is 2. The Morgan fingerprint density at radius 2 is 1.88 bits per heavy atom. The van der Waals surface area contributed by atoms with E-state index in [1.807, 2.05) is 37.3 Å². The van der Waals surface area contributed by atoms with Crippen molar-refractivity contribution in [2.24, 2.45) is 0 Å². The van der Waals surface area contributed by atoms with E-state index in [0.717, 1.165) is 5.56 Å². The van der Waals surface area contributed by atoms with Crippen LogP contribution in [0, 0.1) is 6.92 Å². The van der Waals surface area contributed by atoms with E-state index >= 15 is 0 Å². The van der Waals surface area contributed by atoms with Gasteiger partial charge in [-0.05, 0) is 32.4 Å². The second-order valence-electron chi connectivity index (χ2n) is 5.38. The first-order chi connectivity index (χ1) is 11.4. The van der Waals surface area contributed by atoms with Crippen molar-refractivity contribution in [3.8, 4) is 0 Å². The Balaban J connectivity index is 2.27. The number of esters is 1. The maximum atomic E-state index is 12.5. The lowest BCUT2D eigenvalue weighted by Gasteiger charge is -2.15. The van der Waals surface area contributed by atoms with E-state index < -0.39 is 11.5 Å². The molecule has 6 heteroatoms. The van der Waals surface area contributed by atoms with Crippen LogP contribution < -0.4 is 10.9 Å². The molecule has 0 spiro atoms. The second kappa shape index (κ2) is 7.59. The third kappa shape index (κ3) is 3.90. The summed E-state index contributed by atoms with van der Waals surface area (Å²) < 4.78 is 4.84. The Hall–Kier alpha value is -2.89. The number of aromatic nitrogens is 1. The van der Waals surface area contributed by atoms with Crippen molar-refractivity contribution in [1.82, 2.24) is 10.3 Å². The zero-order valence-electron chi connectivity index (χ0n) is 13.9. The highest BCUT2D eigenvalue weighted by atomic mass is 16.5. The molecule has 1 atom stereocenters. The van der Waals surface area contributed by atoms with Crippen LogP contribution >= 0.6 is 0 Å². The number of pyridine rings is 1. The molecule has 1 aromatic heterocycles. The van der Waals surface area contributed by atoms with Crippen LogP contribution in [0.1, 0.15) is 51.9 Å². The Morgan fingerprint density at radius 1 is 1.21 bits per heavy atom. The van der Waals surface area contributed by atoms with Crippen molar-refractivity contribution >= 4 is 11.9 Å². The number of aryl methyl sites for hydroxylation is 1. The van der Waals surface area contributed by atoms with Crippen LogP contribution in [0.4, 0.5) is 0 Å². The smallest absolute Gasteiger partial charge is 0.343 e. The van der Waals surface area contributed by atoms with Gasteiger partial charge in [-0.25, -0.2) is 4.79 Å². The Labute approximate surface area is 139 Å². The van der Waals surface area contributed by atoms with Gasteiger partial charge in [0.2, 0.25) is 0 Å². The predicted molar refractivity (Wildman–Crippen MR) is 90.1 cm³/mol. The SMILES string of the molecule is CCOC(=O)c1cc(C(=O)N[C@@H](C)c2ccccc2)c(C)[nH]c1=O. The van der Waals surface area contributed by atoms with Gasteiger partial charge in [-0.3, -0.25) is 9.59 Å². The molecule has 0 radical (unpaired) electrons. The molecule has 0 aliphatic heterocycles.